The Morgan fingerprint density at radius 2 is 1.81 bits per heavy atom. The van der Waals surface area contributed by atoms with Crippen molar-refractivity contribution < 1.29 is 4.79 Å². The van der Waals surface area contributed by atoms with Crippen LogP contribution in [0.25, 0.3) is 11.4 Å². The summed E-state index contributed by atoms with van der Waals surface area (Å²) in [6.45, 7) is 6.06. The first-order valence-corrected chi connectivity index (χ1v) is 8.53. The number of aromatic nitrogens is 2. The molecule has 1 amide bonds. The molecular formula is C21H21N3O2. The number of aryl methyl sites for hydroxylation is 1. The molecule has 5 heteroatoms. The van der Waals surface area contributed by atoms with Crippen LogP contribution in [0.4, 0.5) is 5.69 Å². The van der Waals surface area contributed by atoms with Gasteiger partial charge in [-0.25, -0.2) is 4.98 Å². The molecule has 0 aliphatic rings. The summed E-state index contributed by atoms with van der Waals surface area (Å²) < 4.78 is 0. The Labute approximate surface area is 152 Å². The first-order valence-electron chi connectivity index (χ1n) is 8.53. The quantitative estimate of drug-likeness (QED) is 0.745. The van der Waals surface area contributed by atoms with Gasteiger partial charge >= 0.3 is 0 Å². The van der Waals surface area contributed by atoms with E-state index in [1.807, 2.05) is 55.5 Å². The molecule has 132 valence electrons. The van der Waals surface area contributed by atoms with Gasteiger partial charge in [-0.05, 0) is 24.0 Å². The average molecular weight is 347 g/mol. The Morgan fingerprint density at radius 3 is 2.46 bits per heavy atom. The van der Waals surface area contributed by atoms with Crippen LogP contribution in [0.15, 0.2) is 59.5 Å². The molecule has 2 aromatic carbocycles. The fourth-order valence-corrected chi connectivity index (χ4v) is 2.82. The molecule has 26 heavy (non-hydrogen) atoms. The van der Waals surface area contributed by atoms with Crippen LogP contribution in [-0.4, -0.2) is 15.9 Å². The lowest BCUT2D eigenvalue weighted by molar-refractivity contribution is 0.102. The van der Waals surface area contributed by atoms with Gasteiger partial charge in [-0.1, -0.05) is 62.4 Å². The molecular weight excluding hydrogens is 326 g/mol. The molecule has 0 spiro atoms. The van der Waals surface area contributed by atoms with Gasteiger partial charge in [0.15, 0.2) is 0 Å². The van der Waals surface area contributed by atoms with Crippen molar-refractivity contribution in [2.75, 3.05) is 5.32 Å². The van der Waals surface area contributed by atoms with Crippen LogP contribution < -0.4 is 10.9 Å². The summed E-state index contributed by atoms with van der Waals surface area (Å²) in [7, 11) is 0. The molecule has 2 N–H and O–H groups in total. The number of hydrogen-bond donors (Lipinski definition) is 2. The maximum atomic E-state index is 12.6. The van der Waals surface area contributed by atoms with Crippen molar-refractivity contribution in [3.63, 3.8) is 0 Å². The average Bonchev–Trinajstić information content (AvgIpc) is 2.63. The standard InChI is InChI=1S/C21H21N3O2/c1-13(2)16-11-7-8-14(3)18(16)23-20(25)17-12-22-19(24-21(17)26)15-9-5-4-6-10-15/h4-13H,1-3H3,(H,23,25)(H,22,24,26). The molecule has 1 heterocycles. The zero-order chi connectivity index (χ0) is 18.7. The maximum absolute atomic E-state index is 12.6. The van der Waals surface area contributed by atoms with Crippen LogP contribution in [0, 0.1) is 6.92 Å². The summed E-state index contributed by atoms with van der Waals surface area (Å²) >= 11 is 0. The minimum atomic E-state index is -0.463. The number of hydrogen-bond acceptors (Lipinski definition) is 3. The highest BCUT2D eigenvalue weighted by molar-refractivity contribution is 6.04. The molecule has 0 fully saturated rings. The van der Waals surface area contributed by atoms with Crippen LogP contribution in [0.5, 0.6) is 0 Å². The number of carbonyl (C=O) groups excluding carboxylic acids is 1. The molecule has 0 aliphatic carbocycles. The normalized spacial score (nSPS) is 10.8. The van der Waals surface area contributed by atoms with E-state index in [4.69, 9.17) is 0 Å². The smallest absolute Gasteiger partial charge is 0.264 e. The van der Waals surface area contributed by atoms with Crippen molar-refractivity contribution >= 4 is 11.6 Å². The van der Waals surface area contributed by atoms with E-state index in [9.17, 15) is 9.59 Å². The number of para-hydroxylation sites is 1. The highest BCUT2D eigenvalue weighted by Crippen LogP contribution is 2.27. The van der Waals surface area contributed by atoms with Gasteiger partial charge in [0.05, 0.1) is 0 Å². The van der Waals surface area contributed by atoms with Crippen molar-refractivity contribution in [1.29, 1.82) is 0 Å². The van der Waals surface area contributed by atoms with Gasteiger partial charge in [0, 0.05) is 17.4 Å². The third-order valence-corrected chi connectivity index (χ3v) is 4.26. The summed E-state index contributed by atoms with van der Waals surface area (Å²) in [5, 5.41) is 2.88. The number of benzene rings is 2. The van der Waals surface area contributed by atoms with Crippen LogP contribution in [0.2, 0.25) is 0 Å². The Morgan fingerprint density at radius 1 is 1.08 bits per heavy atom. The van der Waals surface area contributed by atoms with E-state index in [1.54, 1.807) is 0 Å². The van der Waals surface area contributed by atoms with E-state index < -0.39 is 11.5 Å². The van der Waals surface area contributed by atoms with Gasteiger partial charge in [0.25, 0.3) is 11.5 Å². The molecule has 1 aromatic heterocycles. The van der Waals surface area contributed by atoms with E-state index >= 15 is 0 Å². The summed E-state index contributed by atoms with van der Waals surface area (Å²) in [5.41, 5.74) is 3.05. The molecule has 5 nitrogen and oxygen atoms in total. The first kappa shape index (κ1) is 17.6. The summed E-state index contributed by atoms with van der Waals surface area (Å²) in [6.07, 6.45) is 1.32. The summed E-state index contributed by atoms with van der Waals surface area (Å²) in [6, 6.07) is 15.2. The second kappa shape index (κ2) is 7.35. The van der Waals surface area contributed by atoms with Crippen molar-refractivity contribution in [1.82, 2.24) is 9.97 Å². The second-order valence-electron chi connectivity index (χ2n) is 6.49. The van der Waals surface area contributed by atoms with Crippen LogP contribution in [-0.2, 0) is 0 Å². The number of carbonyl (C=O) groups is 1. The molecule has 0 saturated heterocycles. The summed E-state index contributed by atoms with van der Waals surface area (Å²) in [4.78, 5) is 32.0. The zero-order valence-electron chi connectivity index (χ0n) is 15.0. The van der Waals surface area contributed by atoms with E-state index in [0.717, 1.165) is 22.4 Å². The van der Waals surface area contributed by atoms with Gasteiger partial charge in [0.2, 0.25) is 0 Å². The predicted molar refractivity (Wildman–Crippen MR) is 104 cm³/mol. The fourth-order valence-electron chi connectivity index (χ4n) is 2.82. The van der Waals surface area contributed by atoms with Gasteiger partial charge in [-0.15, -0.1) is 0 Å². The number of nitrogens with one attached hydrogen (secondary N) is 2. The highest BCUT2D eigenvalue weighted by Gasteiger charge is 2.16. The number of aromatic amines is 1. The SMILES string of the molecule is Cc1cccc(C(C)C)c1NC(=O)c1cnc(-c2ccccc2)[nH]c1=O. The van der Waals surface area contributed by atoms with Crippen LogP contribution in [0.1, 0.15) is 41.3 Å². The lowest BCUT2D eigenvalue weighted by atomic mass is 9.98. The third-order valence-electron chi connectivity index (χ3n) is 4.26. The van der Waals surface area contributed by atoms with E-state index in [0.29, 0.717) is 5.82 Å². The molecule has 0 radical (unpaired) electrons. The lowest BCUT2D eigenvalue weighted by Gasteiger charge is -2.16. The van der Waals surface area contributed by atoms with Gasteiger partial charge < -0.3 is 10.3 Å². The molecule has 0 bridgehead atoms. The molecule has 3 rings (SSSR count). The molecule has 0 atom stereocenters. The molecule has 0 aliphatic heterocycles. The van der Waals surface area contributed by atoms with Gasteiger partial charge in [-0.2, -0.15) is 0 Å². The molecule has 0 unspecified atom stereocenters. The van der Waals surface area contributed by atoms with E-state index in [2.05, 4.69) is 29.1 Å². The topological polar surface area (TPSA) is 74.8 Å². The van der Waals surface area contributed by atoms with E-state index in [-0.39, 0.29) is 11.5 Å². The Balaban J connectivity index is 1.92. The minimum Gasteiger partial charge on any atom is -0.321 e. The van der Waals surface area contributed by atoms with Crippen molar-refractivity contribution in [3.05, 3.63) is 81.8 Å². The highest BCUT2D eigenvalue weighted by atomic mass is 16.2. The van der Waals surface area contributed by atoms with Crippen LogP contribution in [0.3, 0.4) is 0 Å². The number of amides is 1. The zero-order valence-corrected chi connectivity index (χ0v) is 15.0. The monoisotopic (exact) mass is 347 g/mol. The van der Waals surface area contributed by atoms with Gasteiger partial charge in [0.1, 0.15) is 11.4 Å². The number of H-pyrrole nitrogens is 1. The largest absolute Gasteiger partial charge is 0.321 e. The first-order chi connectivity index (χ1) is 12.5. The number of rotatable bonds is 4. The number of anilines is 1. The van der Waals surface area contributed by atoms with Crippen molar-refractivity contribution in [3.8, 4) is 11.4 Å². The Hall–Kier alpha value is -3.21. The predicted octanol–water partition coefficient (Wildman–Crippen LogP) is 4.12. The van der Waals surface area contributed by atoms with Crippen molar-refractivity contribution in [2.45, 2.75) is 26.7 Å². The summed E-state index contributed by atoms with van der Waals surface area (Å²) in [5.74, 6) is 0.225. The Kier molecular flexibility index (Phi) is 4.98. The van der Waals surface area contributed by atoms with Gasteiger partial charge in [-0.3, -0.25) is 9.59 Å². The second-order valence-corrected chi connectivity index (χ2v) is 6.49. The number of nitrogens with zero attached hydrogens (tertiary/aromatic N) is 1. The van der Waals surface area contributed by atoms with Crippen molar-refractivity contribution in [2.24, 2.45) is 0 Å². The molecule has 0 saturated carbocycles. The minimum absolute atomic E-state index is 0.0114. The lowest BCUT2D eigenvalue weighted by Crippen LogP contribution is -2.25. The van der Waals surface area contributed by atoms with E-state index in [1.165, 1.54) is 6.20 Å². The Bertz CT molecular complexity index is 992. The van der Waals surface area contributed by atoms with Crippen LogP contribution >= 0.6 is 0 Å². The maximum Gasteiger partial charge on any atom is 0.264 e. The molecule has 3 aromatic rings. The third kappa shape index (κ3) is 3.57. The fraction of sp³-hybridized carbons (Fsp3) is 0.190.